The second-order valence-corrected chi connectivity index (χ2v) is 6.61. The molecule has 0 aliphatic heterocycles. The summed E-state index contributed by atoms with van der Waals surface area (Å²) in [5.74, 6) is 0.696. The van der Waals surface area contributed by atoms with Crippen molar-refractivity contribution in [2.75, 3.05) is 32.5 Å². The molecule has 2 aromatic carbocycles. The second kappa shape index (κ2) is 9.14. The fourth-order valence-corrected chi connectivity index (χ4v) is 2.60. The van der Waals surface area contributed by atoms with Gasteiger partial charge in [-0.2, -0.15) is 0 Å². The molecule has 0 spiro atoms. The van der Waals surface area contributed by atoms with Gasteiger partial charge in [-0.3, -0.25) is 0 Å². The van der Waals surface area contributed by atoms with Crippen LogP contribution in [0.15, 0.2) is 42.5 Å². The van der Waals surface area contributed by atoms with E-state index in [0.29, 0.717) is 28.0 Å². The van der Waals surface area contributed by atoms with Crippen molar-refractivity contribution >= 4 is 28.9 Å². The third-order valence-electron chi connectivity index (χ3n) is 3.61. The van der Waals surface area contributed by atoms with Crippen LogP contribution >= 0.6 is 23.2 Å². The minimum absolute atomic E-state index is 0.237. The van der Waals surface area contributed by atoms with Gasteiger partial charge in [0.25, 0.3) is 0 Å². The summed E-state index contributed by atoms with van der Waals surface area (Å²) in [5, 5.41) is 11.2. The Morgan fingerprint density at radius 1 is 1.12 bits per heavy atom. The highest BCUT2D eigenvalue weighted by molar-refractivity contribution is 6.42. The van der Waals surface area contributed by atoms with Crippen LogP contribution in [-0.4, -0.2) is 42.9 Å². The van der Waals surface area contributed by atoms with E-state index in [1.54, 1.807) is 30.3 Å². The lowest BCUT2D eigenvalue weighted by atomic mass is 10.1. The highest BCUT2D eigenvalue weighted by Gasteiger charge is 2.10. The number of hydrogen-bond acceptors (Lipinski definition) is 4. The number of anilines is 1. The summed E-state index contributed by atoms with van der Waals surface area (Å²) in [6.07, 6.45) is 0.264. The maximum atomic E-state index is 10.1. The molecule has 0 saturated carbocycles. The minimum Gasteiger partial charge on any atom is -0.491 e. The van der Waals surface area contributed by atoms with E-state index in [1.165, 1.54) is 0 Å². The van der Waals surface area contributed by atoms with Gasteiger partial charge >= 0.3 is 0 Å². The van der Waals surface area contributed by atoms with Gasteiger partial charge in [0.15, 0.2) is 0 Å². The molecule has 0 aliphatic rings. The number of nitrogens with zero attached hydrogens (tertiary/aromatic N) is 1. The zero-order valence-electron chi connectivity index (χ0n) is 13.6. The molecule has 1 atom stereocenters. The van der Waals surface area contributed by atoms with E-state index in [4.69, 9.17) is 33.7 Å². The van der Waals surface area contributed by atoms with Crippen LogP contribution in [0.25, 0.3) is 0 Å². The first-order valence-electron chi connectivity index (χ1n) is 7.73. The summed E-state index contributed by atoms with van der Waals surface area (Å²) in [4.78, 5) is 2.06. The second-order valence-electron chi connectivity index (χ2n) is 5.79. The number of benzene rings is 2. The van der Waals surface area contributed by atoms with Gasteiger partial charge in [0.2, 0.25) is 0 Å². The average molecular weight is 369 g/mol. The lowest BCUT2D eigenvalue weighted by Gasteiger charge is -2.21. The van der Waals surface area contributed by atoms with Crippen molar-refractivity contribution in [2.24, 2.45) is 0 Å². The van der Waals surface area contributed by atoms with Crippen LogP contribution in [0.5, 0.6) is 5.75 Å². The van der Waals surface area contributed by atoms with Crippen molar-refractivity contribution < 1.29 is 9.84 Å². The van der Waals surface area contributed by atoms with Gasteiger partial charge in [-0.15, -0.1) is 0 Å². The maximum absolute atomic E-state index is 10.1. The Kier molecular flexibility index (Phi) is 7.18. The van der Waals surface area contributed by atoms with E-state index in [2.05, 4.69) is 4.90 Å². The first-order valence-corrected chi connectivity index (χ1v) is 8.48. The van der Waals surface area contributed by atoms with Gasteiger partial charge in [-0.1, -0.05) is 29.3 Å². The molecule has 0 aromatic heterocycles. The summed E-state index contributed by atoms with van der Waals surface area (Å²) in [6, 6.07) is 12.7. The van der Waals surface area contributed by atoms with Gasteiger partial charge in [0, 0.05) is 18.8 Å². The van der Waals surface area contributed by atoms with Crippen molar-refractivity contribution in [1.29, 1.82) is 0 Å². The van der Waals surface area contributed by atoms with E-state index >= 15 is 0 Å². The van der Waals surface area contributed by atoms with Crippen LogP contribution in [0, 0.1) is 0 Å². The third kappa shape index (κ3) is 6.21. The SMILES string of the molecule is CN(CCc1ccc(Cl)c(Cl)c1)CC(O)COc1ccc(N)cc1. The number of likely N-dealkylation sites (N-methyl/N-ethyl adjacent to an activating group) is 1. The Hall–Kier alpha value is -1.46. The van der Waals surface area contributed by atoms with Crippen molar-refractivity contribution in [3.63, 3.8) is 0 Å². The number of aliphatic hydroxyl groups is 1. The van der Waals surface area contributed by atoms with E-state index in [-0.39, 0.29) is 6.61 Å². The zero-order chi connectivity index (χ0) is 17.5. The van der Waals surface area contributed by atoms with E-state index in [9.17, 15) is 5.11 Å². The van der Waals surface area contributed by atoms with Crippen LogP contribution in [0.4, 0.5) is 5.69 Å². The molecule has 0 saturated heterocycles. The molecule has 0 radical (unpaired) electrons. The van der Waals surface area contributed by atoms with Crippen molar-refractivity contribution in [3.8, 4) is 5.75 Å². The number of halogens is 2. The summed E-state index contributed by atoms with van der Waals surface area (Å²) < 4.78 is 5.55. The molecular formula is C18H22Cl2N2O2. The molecule has 24 heavy (non-hydrogen) atoms. The highest BCUT2D eigenvalue weighted by Crippen LogP contribution is 2.22. The van der Waals surface area contributed by atoms with Crippen molar-refractivity contribution in [2.45, 2.75) is 12.5 Å². The van der Waals surface area contributed by atoms with Crippen LogP contribution in [0.2, 0.25) is 10.0 Å². The van der Waals surface area contributed by atoms with Crippen LogP contribution in [-0.2, 0) is 6.42 Å². The summed E-state index contributed by atoms with van der Waals surface area (Å²) in [6.45, 7) is 1.56. The standard InChI is InChI=1S/C18H22Cl2N2O2/c1-22(9-8-13-2-7-17(19)18(20)10-13)11-15(23)12-24-16-5-3-14(21)4-6-16/h2-7,10,15,23H,8-9,11-12,21H2,1H3. The zero-order valence-corrected chi connectivity index (χ0v) is 15.1. The maximum Gasteiger partial charge on any atom is 0.119 e. The monoisotopic (exact) mass is 368 g/mol. The predicted molar refractivity (Wildman–Crippen MR) is 100 cm³/mol. The molecule has 4 nitrogen and oxygen atoms in total. The molecule has 0 fully saturated rings. The largest absolute Gasteiger partial charge is 0.491 e. The normalized spacial score (nSPS) is 12.4. The smallest absolute Gasteiger partial charge is 0.119 e. The molecule has 0 aliphatic carbocycles. The number of nitrogens with two attached hydrogens (primary N) is 1. The Morgan fingerprint density at radius 3 is 2.50 bits per heavy atom. The lowest BCUT2D eigenvalue weighted by Crippen LogP contribution is -2.34. The average Bonchev–Trinajstić information content (AvgIpc) is 2.55. The van der Waals surface area contributed by atoms with Crippen molar-refractivity contribution in [3.05, 3.63) is 58.1 Å². The number of rotatable bonds is 8. The van der Waals surface area contributed by atoms with Gasteiger partial charge < -0.3 is 20.5 Å². The molecule has 6 heteroatoms. The molecule has 0 bridgehead atoms. The topological polar surface area (TPSA) is 58.7 Å². The highest BCUT2D eigenvalue weighted by atomic mass is 35.5. The number of ether oxygens (including phenoxy) is 1. The molecule has 130 valence electrons. The summed E-state index contributed by atoms with van der Waals surface area (Å²) in [7, 11) is 1.96. The molecule has 2 rings (SSSR count). The van der Waals surface area contributed by atoms with E-state index < -0.39 is 6.10 Å². The van der Waals surface area contributed by atoms with Crippen molar-refractivity contribution in [1.82, 2.24) is 4.90 Å². The number of nitrogen functional groups attached to an aromatic ring is 1. The fourth-order valence-electron chi connectivity index (χ4n) is 2.28. The molecule has 0 amide bonds. The Morgan fingerprint density at radius 2 is 1.83 bits per heavy atom. The molecule has 3 N–H and O–H groups in total. The number of hydrogen-bond donors (Lipinski definition) is 2. The van der Waals surface area contributed by atoms with Crippen LogP contribution in [0.1, 0.15) is 5.56 Å². The van der Waals surface area contributed by atoms with Crippen LogP contribution < -0.4 is 10.5 Å². The molecule has 0 heterocycles. The van der Waals surface area contributed by atoms with Crippen LogP contribution in [0.3, 0.4) is 0 Å². The third-order valence-corrected chi connectivity index (χ3v) is 4.35. The quantitative estimate of drug-likeness (QED) is 0.700. The Balaban J connectivity index is 1.71. The van der Waals surface area contributed by atoms with Gasteiger partial charge in [0.1, 0.15) is 18.5 Å². The lowest BCUT2D eigenvalue weighted by molar-refractivity contribution is 0.0767. The fraction of sp³-hybridized carbons (Fsp3) is 0.333. The molecule has 1 unspecified atom stereocenters. The van der Waals surface area contributed by atoms with E-state index in [1.807, 2.05) is 19.2 Å². The summed E-state index contributed by atoms with van der Waals surface area (Å²) in [5.41, 5.74) is 7.42. The van der Waals surface area contributed by atoms with Gasteiger partial charge in [-0.05, 0) is 55.4 Å². The number of aliphatic hydroxyl groups excluding tert-OH is 1. The molecular weight excluding hydrogens is 347 g/mol. The Bertz CT molecular complexity index is 650. The summed E-state index contributed by atoms with van der Waals surface area (Å²) >= 11 is 11.9. The Labute approximate surface area is 152 Å². The van der Waals surface area contributed by atoms with Gasteiger partial charge in [0.05, 0.1) is 10.0 Å². The van der Waals surface area contributed by atoms with E-state index in [0.717, 1.165) is 18.5 Å². The van der Waals surface area contributed by atoms with Gasteiger partial charge in [-0.25, -0.2) is 0 Å². The minimum atomic E-state index is -0.568. The predicted octanol–water partition coefficient (Wildman–Crippen LogP) is 3.49. The first-order chi connectivity index (χ1) is 11.4. The first kappa shape index (κ1) is 18.9. The molecule has 2 aromatic rings.